The average molecular weight is 412 g/mol. The lowest BCUT2D eigenvalue weighted by atomic mass is 10.1. The Morgan fingerprint density at radius 1 is 1.10 bits per heavy atom. The van der Waals surface area contributed by atoms with Gasteiger partial charge in [0, 0.05) is 30.9 Å². The normalized spacial score (nSPS) is 15.0. The maximum absolute atomic E-state index is 12.8. The molecule has 3 heterocycles. The number of thiazole rings is 1. The molecule has 2 amide bonds. The Morgan fingerprint density at radius 2 is 1.90 bits per heavy atom. The molecule has 1 unspecified atom stereocenters. The predicted molar refractivity (Wildman–Crippen MR) is 108 cm³/mol. The number of rotatable bonds is 5. The van der Waals surface area contributed by atoms with Gasteiger partial charge in [0.25, 0.3) is 11.8 Å². The fourth-order valence-electron chi connectivity index (χ4n) is 3.01. The van der Waals surface area contributed by atoms with Crippen LogP contribution >= 0.6 is 11.3 Å². The molecule has 2 aromatic heterocycles. The number of anilines is 1. The third-order valence-electron chi connectivity index (χ3n) is 4.46. The second-order valence-corrected chi connectivity index (χ2v) is 7.19. The van der Waals surface area contributed by atoms with E-state index in [2.05, 4.69) is 25.8 Å². The Morgan fingerprint density at radius 3 is 2.62 bits per heavy atom. The summed E-state index contributed by atoms with van der Waals surface area (Å²) in [6.07, 6.45) is 3.30. The molecule has 3 aromatic rings. The van der Waals surface area contributed by atoms with Crippen LogP contribution in [0.5, 0.6) is 0 Å². The van der Waals surface area contributed by atoms with Crippen LogP contribution in [0.2, 0.25) is 0 Å². The number of hydrogen-bond donors (Lipinski definition) is 2. The van der Waals surface area contributed by atoms with E-state index in [0.717, 1.165) is 23.8 Å². The summed E-state index contributed by atoms with van der Waals surface area (Å²) in [7, 11) is 0. The molecule has 10 heteroatoms. The topological polar surface area (TPSA) is 101 Å². The van der Waals surface area contributed by atoms with Crippen LogP contribution in [0.25, 0.3) is 0 Å². The lowest BCUT2D eigenvalue weighted by molar-refractivity contribution is -0.124. The molecule has 9 nitrogen and oxygen atoms in total. The lowest BCUT2D eigenvalue weighted by Gasteiger charge is -2.25. The Bertz CT molecular complexity index is 954. The number of aromatic nitrogens is 3. The largest absolute Gasteiger partial charge is 0.378 e. The Kier molecular flexibility index (Phi) is 5.82. The Balaban J connectivity index is 1.41. The zero-order valence-corrected chi connectivity index (χ0v) is 16.3. The summed E-state index contributed by atoms with van der Waals surface area (Å²) in [5.74, 6) is -0.877. The van der Waals surface area contributed by atoms with Crippen molar-refractivity contribution in [1.29, 1.82) is 0 Å². The van der Waals surface area contributed by atoms with Crippen LogP contribution in [0.4, 0.5) is 5.13 Å². The van der Waals surface area contributed by atoms with Gasteiger partial charge in [-0.3, -0.25) is 25.1 Å². The van der Waals surface area contributed by atoms with Crippen molar-refractivity contribution in [2.45, 2.75) is 6.04 Å². The SMILES string of the molecule is O=C(NNC(=O)C(c1ccccc1)n1cccn1)c1csc(N2CCOCC2)n1. The highest BCUT2D eigenvalue weighted by molar-refractivity contribution is 7.13. The first kappa shape index (κ1) is 19.1. The number of benzene rings is 1. The molecule has 2 N–H and O–H groups in total. The van der Waals surface area contributed by atoms with Crippen LogP contribution < -0.4 is 15.8 Å². The van der Waals surface area contributed by atoms with Crippen molar-refractivity contribution < 1.29 is 14.3 Å². The van der Waals surface area contributed by atoms with Crippen LogP contribution in [0.1, 0.15) is 22.1 Å². The third kappa shape index (κ3) is 4.44. The molecule has 0 bridgehead atoms. The van der Waals surface area contributed by atoms with E-state index < -0.39 is 17.9 Å². The minimum absolute atomic E-state index is 0.257. The van der Waals surface area contributed by atoms with E-state index >= 15 is 0 Å². The van der Waals surface area contributed by atoms with Crippen molar-refractivity contribution in [3.05, 3.63) is 65.4 Å². The van der Waals surface area contributed by atoms with Crippen molar-refractivity contribution in [2.24, 2.45) is 0 Å². The van der Waals surface area contributed by atoms with Crippen LogP contribution in [-0.4, -0.2) is 52.9 Å². The van der Waals surface area contributed by atoms with Gasteiger partial charge >= 0.3 is 0 Å². The van der Waals surface area contributed by atoms with E-state index in [9.17, 15) is 9.59 Å². The number of carbonyl (C=O) groups is 2. The van der Waals surface area contributed by atoms with E-state index in [1.54, 1.807) is 23.8 Å². The molecule has 0 spiro atoms. The molecule has 29 heavy (non-hydrogen) atoms. The van der Waals surface area contributed by atoms with Crippen molar-refractivity contribution in [3.8, 4) is 0 Å². The standard InChI is InChI=1S/C19H20N6O3S/c26-17(15-13-29-19(21-15)24-9-11-28-12-10-24)22-23-18(27)16(25-8-4-7-20-25)14-5-2-1-3-6-14/h1-8,13,16H,9-12H2,(H,22,26)(H,23,27). The zero-order valence-electron chi connectivity index (χ0n) is 15.5. The van der Waals surface area contributed by atoms with Crippen LogP contribution in [0.3, 0.4) is 0 Å². The maximum Gasteiger partial charge on any atom is 0.289 e. The van der Waals surface area contributed by atoms with E-state index in [0.29, 0.717) is 13.2 Å². The van der Waals surface area contributed by atoms with E-state index in [-0.39, 0.29) is 5.69 Å². The number of hydrogen-bond acceptors (Lipinski definition) is 7. The quantitative estimate of drug-likeness (QED) is 0.611. The molecule has 1 aliphatic heterocycles. The number of carbonyl (C=O) groups excluding carboxylic acids is 2. The monoisotopic (exact) mass is 412 g/mol. The first-order valence-corrected chi connectivity index (χ1v) is 10.0. The van der Waals surface area contributed by atoms with Gasteiger partial charge in [0.15, 0.2) is 11.2 Å². The summed E-state index contributed by atoms with van der Waals surface area (Å²) < 4.78 is 6.87. The molecule has 0 saturated carbocycles. The van der Waals surface area contributed by atoms with E-state index in [4.69, 9.17) is 4.74 Å². The van der Waals surface area contributed by atoms with Gasteiger partial charge in [-0.05, 0) is 11.6 Å². The first-order chi connectivity index (χ1) is 14.2. The summed E-state index contributed by atoms with van der Waals surface area (Å²) in [5.41, 5.74) is 5.95. The van der Waals surface area contributed by atoms with Gasteiger partial charge in [-0.2, -0.15) is 5.10 Å². The fourth-order valence-corrected chi connectivity index (χ4v) is 3.87. The highest BCUT2D eigenvalue weighted by Gasteiger charge is 2.24. The predicted octanol–water partition coefficient (Wildman–Crippen LogP) is 1.23. The first-order valence-electron chi connectivity index (χ1n) is 9.15. The van der Waals surface area contributed by atoms with Crippen molar-refractivity contribution in [2.75, 3.05) is 31.2 Å². The molecule has 0 aliphatic carbocycles. The second kappa shape index (κ2) is 8.84. The number of nitrogens with one attached hydrogen (secondary N) is 2. The smallest absolute Gasteiger partial charge is 0.289 e. The molecular formula is C19H20N6O3S. The molecule has 0 radical (unpaired) electrons. The Hall–Kier alpha value is -3.24. The van der Waals surface area contributed by atoms with Gasteiger partial charge in [0.2, 0.25) is 0 Å². The average Bonchev–Trinajstić information content (AvgIpc) is 3.46. The molecule has 150 valence electrons. The number of amides is 2. The van der Waals surface area contributed by atoms with Crippen molar-refractivity contribution >= 4 is 28.3 Å². The number of morpholine rings is 1. The van der Waals surface area contributed by atoms with E-state index in [1.807, 2.05) is 30.3 Å². The number of nitrogens with zero attached hydrogens (tertiary/aromatic N) is 4. The van der Waals surface area contributed by atoms with Gasteiger partial charge in [-0.25, -0.2) is 4.98 Å². The molecule has 4 rings (SSSR count). The molecule has 1 fully saturated rings. The molecule has 1 aromatic carbocycles. The second-order valence-electron chi connectivity index (χ2n) is 6.36. The summed E-state index contributed by atoms with van der Waals surface area (Å²) in [4.78, 5) is 31.7. The highest BCUT2D eigenvalue weighted by atomic mass is 32.1. The third-order valence-corrected chi connectivity index (χ3v) is 5.36. The van der Waals surface area contributed by atoms with Gasteiger partial charge in [0.05, 0.1) is 13.2 Å². The minimum Gasteiger partial charge on any atom is -0.378 e. The molecule has 1 atom stereocenters. The number of ether oxygens (including phenoxy) is 1. The highest BCUT2D eigenvalue weighted by Crippen LogP contribution is 2.21. The van der Waals surface area contributed by atoms with Gasteiger partial charge in [-0.1, -0.05) is 30.3 Å². The maximum atomic E-state index is 12.8. The van der Waals surface area contributed by atoms with Crippen LogP contribution in [0, 0.1) is 0 Å². The van der Waals surface area contributed by atoms with Gasteiger partial charge in [0.1, 0.15) is 5.69 Å². The van der Waals surface area contributed by atoms with Crippen molar-refractivity contribution in [3.63, 3.8) is 0 Å². The Labute approximate surface area is 171 Å². The molecular weight excluding hydrogens is 392 g/mol. The fraction of sp³-hybridized carbons (Fsp3) is 0.263. The number of hydrazine groups is 1. The zero-order chi connectivity index (χ0) is 20.1. The van der Waals surface area contributed by atoms with E-state index in [1.165, 1.54) is 16.0 Å². The molecule has 1 saturated heterocycles. The minimum atomic E-state index is -0.703. The van der Waals surface area contributed by atoms with Crippen LogP contribution in [-0.2, 0) is 9.53 Å². The van der Waals surface area contributed by atoms with Gasteiger partial charge < -0.3 is 9.64 Å². The summed E-state index contributed by atoms with van der Waals surface area (Å²) >= 11 is 1.39. The summed E-state index contributed by atoms with van der Waals surface area (Å²) in [6.45, 7) is 2.78. The van der Waals surface area contributed by atoms with Crippen molar-refractivity contribution in [1.82, 2.24) is 25.6 Å². The molecule has 1 aliphatic rings. The van der Waals surface area contributed by atoms with Gasteiger partial charge in [-0.15, -0.1) is 11.3 Å². The lowest BCUT2D eigenvalue weighted by Crippen LogP contribution is -2.45. The van der Waals surface area contributed by atoms with Crippen LogP contribution in [0.15, 0.2) is 54.2 Å². The summed E-state index contributed by atoms with van der Waals surface area (Å²) in [5, 5.41) is 6.61. The summed E-state index contributed by atoms with van der Waals surface area (Å²) in [6, 6.07) is 10.3.